The molecule has 2 aliphatic rings. The lowest BCUT2D eigenvalue weighted by molar-refractivity contribution is 0.0196. The maximum atomic E-state index is 10.2. The number of aliphatic hydroxyl groups is 2. The Balaban J connectivity index is 0.000000168. The van der Waals surface area contributed by atoms with Crippen LogP contribution in [-0.2, 0) is 12.8 Å². The van der Waals surface area contributed by atoms with E-state index in [2.05, 4.69) is 0 Å². The maximum Gasteiger partial charge on any atom is 0.157 e. The molecule has 0 amide bonds. The quantitative estimate of drug-likeness (QED) is 0.155. The van der Waals surface area contributed by atoms with Crippen molar-refractivity contribution in [3.05, 3.63) is 82.9 Å². The van der Waals surface area contributed by atoms with Crippen LogP contribution in [0.15, 0.2) is 60.7 Å². The number of hydrogen-bond acceptors (Lipinski definition) is 12. The van der Waals surface area contributed by atoms with Crippen molar-refractivity contribution in [1.29, 1.82) is 0 Å². The van der Waals surface area contributed by atoms with Crippen molar-refractivity contribution >= 4 is 0 Å². The Hall–Kier alpha value is -5.20. The zero-order valence-corrected chi connectivity index (χ0v) is 21.8. The normalized spacial score (nSPS) is 20.6. The van der Waals surface area contributed by atoms with Crippen molar-refractivity contribution in [2.75, 3.05) is 0 Å². The predicted molar refractivity (Wildman–Crippen MR) is 145 cm³/mol. The summed E-state index contributed by atoms with van der Waals surface area (Å²) in [5.74, 6) is -1.18. The van der Waals surface area contributed by atoms with Crippen LogP contribution in [0.4, 0.5) is 0 Å². The SMILES string of the molecule is Oc1cc(O)c2c(c1)O[C@@H](c1ccc(O)c(O)c1)[C@H](O)C2.Oc1cc(O)c2c(c1)O[C@H](c1ccc(O)c(O)c1)[C@@H](O)C2. The van der Waals surface area contributed by atoms with Gasteiger partial charge in [-0.25, -0.2) is 0 Å². The number of phenolic OH excluding ortho intramolecular Hbond substituents is 8. The molecular weight excluding hydrogens is 552 g/mol. The standard InChI is InChI=1S/2C15H14O6/c2*16-8-4-11(18)9-6-13(20)15(21-14(9)5-8)7-1-2-10(17)12(19)3-7/h2*1-5,13,15-20H,6H2/t2*13-,15+/m10/s1. The third kappa shape index (κ3) is 5.53. The highest BCUT2D eigenvalue weighted by molar-refractivity contribution is 5.53. The van der Waals surface area contributed by atoms with Crippen molar-refractivity contribution < 1.29 is 60.5 Å². The summed E-state index contributed by atoms with van der Waals surface area (Å²) in [5.41, 5.74) is 1.79. The first-order chi connectivity index (χ1) is 19.9. The van der Waals surface area contributed by atoms with Crippen LogP contribution in [-0.4, -0.2) is 63.3 Å². The van der Waals surface area contributed by atoms with Crippen molar-refractivity contribution in [2.24, 2.45) is 0 Å². The predicted octanol–water partition coefficient (Wildman–Crippen LogP) is 3.09. The second-order valence-corrected chi connectivity index (χ2v) is 10.00. The van der Waals surface area contributed by atoms with E-state index in [0.29, 0.717) is 22.3 Å². The molecule has 0 saturated heterocycles. The second kappa shape index (κ2) is 11.0. The van der Waals surface area contributed by atoms with Crippen LogP contribution < -0.4 is 9.47 Å². The molecule has 42 heavy (non-hydrogen) atoms. The Kier molecular flexibility index (Phi) is 7.42. The van der Waals surface area contributed by atoms with E-state index in [-0.39, 0.29) is 70.3 Å². The Labute approximate surface area is 238 Å². The van der Waals surface area contributed by atoms with Gasteiger partial charge in [0.25, 0.3) is 0 Å². The van der Waals surface area contributed by atoms with E-state index in [9.17, 15) is 51.1 Å². The molecular formula is C30H28O12. The number of aliphatic hydroxyl groups excluding tert-OH is 2. The van der Waals surface area contributed by atoms with Gasteiger partial charge < -0.3 is 60.5 Å². The van der Waals surface area contributed by atoms with Crippen molar-refractivity contribution in [1.82, 2.24) is 0 Å². The van der Waals surface area contributed by atoms with Gasteiger partial charge in [0, 0.05) is 48.2 Å². The highest BCUT2D eigenvalue weighted by Gasteiger charge is 2.33. The van der Waals surface area contributed by atoms with Crippen LogP contribution in [0, 0.1) is 0 Å². The van der Waals surface area contributed by atoms with E-state index in [0.717, 1.165) is 0 Å². The number of benzene rings is 4. The van der Waals surface area contributed by atoms with Crippen molar-refractivity contribution in [3.8, 4) is 57.5 Å². The average molecular weight is 581 g/mol. The Bertz CT molecular complexity index is 1510. The summed E-state index contributed by atoms with van der Waals surface area (Å²) in [5, 5.41) is 96.6. The minimum Gasteiger partial charge on any atom is -0.508 e. The zero-order chi connectivity index (χ0) is 30.3. The average Bonchev–Trinajstić information content (AvgIpc) is 2.92. The summed E-state index contributed by atoms with van der Waals surface area (Å²) < 4.78 is 11.2. The summed E-state index contributed by atoms with van der Waals surface area (Å²) in [6.45, 7) is 0. The van der Waals surface area contributed by atoms with Crippen LogP contribution >= 0.6 is 0 Å². The maximum absolute atomic E-state index is 10.2. The Morgan fingerprint density at radius 1 is 0.452 bits per heavy atom. The van der Waals surface area contributed by atoms with Crippen LogP contribution in [0.3, 0.4) is 0 Å². The lowest BCUT2D eigenvalue weighted by atomic mass is 9.94. The first-order valence-corrected chi connectivity index (χ1v) is 12.7. The van der Waals surface area contributed by atoms with Crippen LogP contribution in [0.5, 0.6) is 57.5 Å². The van der Waals surface area contributed by atoms with E-state index < -0.39 is 24.4 Å². The van der Waals surface area contributed by atoms with Crippen molar-refractivity contribution in [2.45, 2.75) is 37.3 Å². The molecule has 4 aromatic rings. The molecule has 0 aliphatic carbocycles. The topological polar surface area (TPSA) is 221 Å². The molecule has 220 valence electrons. The summed E-state index contributed by atoms with van der Waals surface area (Å²) in [4.78, 5) is 0. The first kappa shape index (κ1) is 28.3. The summed E-state index contributed by atoms with van der Waals surface area (Å²) >= 11 is 0. The molecule has 0 saturated carbocycles. The lowest BCUT2D eigenvalue weighted by Gasteiger charge is -2.31. The third-order valence-electron chi connectivity index (χ3n) is 7.03. The molecule has 10 N–H and O–H groups in total. The third-order valence-corrected chi connectivity index (χ3v) is 7.03. The lowest BCUT2D eigenvalue weighted by Crippen LogP contribution is -2.30. The van der Waals surface area contributed by atoms with E-state index in [1.54, 1.807) is 0 Å². The highest BCUT2D eigenvalue weighted by Crippen LogP contribution is 2.44. The number of phenols is 8. The molecule has 12 nitrogen and oxygen atoms in total. The molecule has 0 fully saturated rings. The number of ether oxygens (including phenoxy) is 2. The number of hydrogen-bond donors (Lipinski definition) is 10. The van der Waals surface area contributed by atoms with Crippen LogP contribution in [0.2, 0.25) is 0 Å². The van der Waals surface area contributed by atoms with Gasteiger partial charge in [-0.3, -0.25) is 0 Å². The van der Waals surface area contributed by atoms with E-state index in [4.69, 9.17) is 9.47 Å². The molecule has 0 aromatic heterocycles. The fourth-order valence-electron chi connectivity index (χ4n) is 4.93. The molecule has 6 rings (SSSR count). The van der Waals surface area contributed by atoms with Gasteiger partial charge in [-0.15, -0.1) is 0 Å². The number of fused-ring (bicyclic) bond motifs is 2. The summed E-state index contributed by atoms with van der Waals surface area (Å²) in [7, 11) is 0. The van der Waals surface area contributed by atoms with E-state index in [1.807, 2.05) is 0 Å². The highest BCUT2D eigenvalue weighted by atomic mass is 16.5. The van der Waals surface area contributed by atoms with Gasteiger partial charge in [-0.1, -0.05) is 12.1 Å². The van der Waals surface area contributed by atoms with Gasteiger partial charge in [0.15, 0.2) is 23.0 Å². The molecule has 4 atom stereocenters. The van der Waals surface area contributed by atoms with Gasteiger partial charge in [-0.05, 0) is 35.4 Å². The molecule has 12 heteroatoms. The smallest absolute Gasteiger partial charge is 0.157 e. The molecule has 0 bridgehead atoms. The van der Waals surface area contributed by atoms with Crippen LogP contribution in [0.25, 0.3) is 0 Å². The summed E-state index contributed by atoms with van der Waals surface area (Å²) in [6, 6.07) is 13.3. The number of aromatic hydroxyl groups is 8. The molecule has 2 heterocycles. The Morgan fingerprint density at radius 3 is 1.19 bits per heavy atom. The summed E-state index contributed by atoms with van der Waals surface area (Å²) in [6.07, 6.45) is -3.12. The van der Waals surface area contributed by atoms with Gasteiger partial charge in [0.1, 0.15) is 46.7 Å². The van der Waals surface area contributed by atoms with Gasteiger partial charge in [-0.2, -0.15) is 0 Å². The second-order valence-electron chi connectivity index (χ2n) is 10.00. The Morgan fingerprint density at radius 2 is 0.833 bits per heavy atom. The zero-order valence-electron chi connectivity index (χ0n) is 21.8. The molecule has 0 spiro atoms. The monoisotopic (exact) mass is 580 g/mol. The van der Waals surface area contributed by atoms with Gasteiger partial charge >= 0.3 is 0 Å². The van der Waals surface area contributed by atoms with E-state index in [1.165, 1.54) is 60.7 Å². The fourth-order valence-corrected chi connectivity index (χ4v) is 4.93. The fraction of sp³-hybridized carbons (Fsp3) is 0.200. The van der Waals surface area contributed by atoms with Crippen molar-refractivity contribution in [3.63, 3.8) is 0 Å². The van der Waals surface area contributed by atoms with E-state index >= 15 is 0 Å². The molecule has 0 unspecified atom stereocenters. The minimum absolute atomic E-state index is 0.143. The molecule has 2 aliphatic heterocycles. The largest absolute Gasteiger partial charge is 0.508 e. The van der Waals surface area contributed by atoms with Gasteiger partial charge in [0.2, 0.25) is 0 Å². The molecule has 0 radical (unpaired) electrons. The number of rotatable bonds is 2. The minimum atomic E-state index is -0.933. The van der Waals surface area contributed by atoms with Crippen LogP contribution in [0.1, 0.15) is 34.5 Å². The molecule has 4 aromatic carbocycles. The van der Waals surface area contributed by atoms with Gasteiger partial charge in [0.05, 0.1) is 12.2 Å². The first-order valence-electron chi connectivity index (χ1n) is 12.7.